The zero-order valence-electron chi connectivity index (χ0n) is 7.99. The third-order valence-electron chi connectivity index (χ3n) is 2.93. The van der Waals surface area contributed by atoms with E-state index in [0.717, 1.165) is 12.8 Å². The number of hydrogen-bond acceptors (Lipinski definition) is 4. The van der Waals surface area contributed by atoms with Gasteiger partial charge in [-0.3, -0.25) is 4.79 Å². The van der Waals surface area contributed by atoms with E-state index in [2.05, 4.69) is 10.1 Å². The second-order valence-electron chi connectivity index (χ2n) is 3.74. The largest absolute Gasteiger partial charge is 0.415 e. The number of methoxy groups -OCH3 is 1. The van der Waals surface area contributed by atoms with Gasteiger partial charge in [0.25, 0.3) is 0 Å². The lowest BCUT2D eigenvalue weighted by atomic mass is 9.82. The number of carbonyl (C=O) groups excluding carboxylic acids is 2. The monoisotopic (exact) mass is 199 g/mol. The van der Waals surface area contributed by atoms with E-state index in [1.165, 1.54) is 0 Å². The summed E-state index contributed by atoms with van der Waals surface area (Å²) < 4.78 is 9.70. The Morgan fingerprint density at radius 1 is 1.43 bits per heavy atom. The van der Waals surface area contributed by atoms with E-state index in [1.807, 2.05) is 0 Å². The molecule has 2 rings (SSSR count). The molecule has 1 saturated carbocycles. The Hall–Kier alpha value is -1.10. The number of rotatable bonds is 1. The second-order valence-corrected chi connectivity index (χ2v) is 3.74. The molecule has 2 aliphatic rings. The number of alkyl carbamates (subject to hydrolysis) is 1. The Morgan fingerprint density at radius 3 is 2.93 bits per heavy atom. The fraction of sp³-hybridized carbons (Fsp3) is 0.778. The Labute approximate surface area is 81.7 Å². The highest BCUT2D eigenvalue weighted by Crippen LogP contribution is 2.29. The number of hydrogen-bond donors (Lipinski definition) is 1. The van der Waals surface area contributed by atoms with Gasteiger partial charge in [-0.2, -0.15) is 0 Å². The molecule has 0 aromatic carbocycles. The van der Waals surface area contributed by atoms with Crippen molar-refractivity contribution >= 4 is 12.1 Å². The standard InChI is InChI=1S/C9H13NO4/c1-13-5-2-3-7-6(4-5)8(11)14-9(12)10-7/h5-7H,2-4H2,1H3,(H,10,12). The van der Waals surface area contributed by atoms with Crippen LogP contribution in [0.4, 0.5) is 4.79 Å². The molecular weight excluding hydrogens is 186 g/mol. The first-order valence-electron chi connectivity index (χ1n) is 4.75. The van der Waals surface area contributed by atoms with Crippen molar-refractivity contribution in [3.05, 3.63) is 0 Å². The molecule has 0 spiro atoms. The smallest absolute Gasteiger partial charge is 0.381 e. The highest BCUT2D eigenvalue weighted by atomic mass is 16.6. The maximum absolute atomic E-state index is 11.4. The average molecular weight is 199 g/mol. The van der Waals surface area contributed by atoms with Crippen molar-refractivity contribution in [2.45, 2.75) is 31.4 Å². The molecule has 0 aromatic heterocycles. The van der Waals surface area contributed by atoms with Crippen LogP contribution in [0.2, 0.25) is 0 Å². The quantitative estimate of drug-likeness (QED) is 0.491. The number of esters is 1. The summed E-state index contributed by atoms with van der Waals surface area (Å²) in [4.78, 5) is 22.3. The van der Waals surface area contributed by atoms with E-state index in [9.17, 15) is 9.59 Å². The molecule has 1 N–H and O–H groups in total. The number of cyclic esters (lactones) is 2. The van der Waals surface area contributed by atoms with Gasteiger partial charge >= 0.3 is 12.1 Å². The molecule has 0 bridgehead atoms. The summed E-state index contributed by atoms with van der Waals surface area (Å²) in [5.41, 5.74) is 0. The minimum atomic E-state index is -0.618. The zero-order chi connectivity index (χ0) is 10.1. The SMILES string of the molecule is COC1CCC2NC(=O)OC(=O)C2C1. The van der Waals surface area contributed by atoms with Crippen molar-refractivity contribution in [2.24, 2.45) is 5.92 Å². The lowest BCUT2D eigenvalue weighted by Gasteiger charge is -2.36. The molecule has 0 radical (unpaired) electrons. The Bertz CT molecular complexity index is 266. The van der Waals surface area contributed by atoms with Crippen LogP contribution in [-0.2, 0) is 14.3 Å². The van der Waals surface area contributed by atoms with Crippen molar-refractivity contribution < 1.29 is 19.1 Å². The number of carbonyl (C=O) groups is 2. The lowest BCUT2D eigenvalue weighted by Crippen LogP contribution is -2.53. The molecular formula is C9H13NO4. The van der Waals surface area contributed by atoms with Crippen molar-refractivity contribution in [2.75, 3.05) is 7.11 Å². The van der Waals surface area contributed by atoms with Gasteiger partial charge in [-0.25, -0.2) is 4.79 Å². The van der Waals surface area contributed by atoms with Crippen LogP contribution in [0.5, 0.6) is 0 Å². The molecule has 1 aliphatic carbocycles. The number of nitrogens with one attached hydrogen (secondary N) is 1. The third-order valence-corrected chi connectivity index (χ3v) is 2.93. The summed E-state index contributed by atoms with van der Waals surface area (Å²) in [6, 6.07) is -0.0600. The summed E-state index contributed by atoms with van der Waals surface area (Å²) in [5, 5.41) is 2.66. The molecule has 14 heavy (non-hydrogen) atoms. The molecule has 3 atom stereocenters. The van der Waals surface area contributed by atoms with Crippen molar-refractivity contribution in [3.8, 4) is 0 Å². The second kappa shape index (κ2) is 3.57. The van der Waals surface area contributed by atoms with Crippen LogP contribution >= 0.6 is 0 Å². The van der Waals surface area contributed by atoms with Gasteiger partial charge in [0.1, 0.15) is 0 Å². The van der Waals surface area contributed by atoms with E-state index in [-0.39, 0.29) is 18.1 Å². The van der Waals surface area contributed by atoms with Gasteiger partial charge in [0, 0.05) is 13.2 Å². The molecule has 2 fully saturated rings. The van der Waals surface area contributed by atoms with Gasteiger partial charge in [0.05, 0.1) is 12.0 Å². The van der Waals surface area contributed by atoms with Crippen LogP contribution in [0.1, 0.15) is 19.3 Å². The highest BCUT2D eigenvalue weighted by molar-refractivity contribution is 5.89. The molecule has 3 unspecified atom stereocenters. The summed E-state index contributed by atoms with van der Waals surface area (Å²) in [7, 11) is 1.64. The van der Waals surface area contributed by atoms with E-state index in [1.54, 1.807) is 7.11 Å². The normalized spacial score (nSPS) is 37.1. The van der Waals surface area contributed by atoms with Crippen LogP contribution in [0.15, 0.2) is 0 Å². The van der Waals surface area contributed by atoms with Crippen LogP contribution in [0.25, 0.3) is 0 Å². The summed E-state index contributed by atoms with van der Waals surface area (Å²) >= 11 is 0. The van der Waals surface area contributed by atoms with Gasteiger partial charge < -0.3 is 14.8 Å². The van der Waals surface area contributed by atoms with E-state index in [0.29, 0.717) is 6.42 Å². The van der Waals surface area contributed by atoms with E-state index in [4.69, 9.17) is 4.74 Å². The van der Waals surface area contributed by atoms with Crippen LogP contribution in [0, 0.1) is 5.92 Å². The number of ether oxygens (including phenoxy) is 2. The molecule has 5 heteroatoms. The first-order chi connectivity index (χ1) is 6.70. The van der Waals surface area contributed by atoms with Crippen molar-refractivity contribution in [3.63, 3.8) is 0 Å². The summed E-state index contributed by atoms with van der Waals surface area (Å²) in [5.74, 6) is -0.646. The van der Waals surface area contributed by atoms with Crippen LogP contribution in [-0.4, -0.2) is 31.3 Å². The molecule has 1 heterocycles. The summed E-state index contributed by atoms with van der Waals surface area (Å²) in [6.45, 7) is 0. The minimum absolute atomic E-state index is 0.0600. The van der Waals surface area contributed by atoms with Gasteiger partial charge in [0.2, 0.25) is 0 Å². The van der Waals surface area contributed by atoms with Crippen LogP contribution < -0.4 is 5.32 Å². The topological polar surface area (TPSA) is 64.6 Å². The third kappa shape index (κ3) is 1.59. The minimum Gasteiger partial charge on any atom is -0.381 e. The molecule has 1 amide bonds. The van der Waals surface area contributed by atoms with Gasteiger partial charge in [-0.05, 0) is 19.3 Å². The Balaban J connectivity index is 2.06. The molecule has 78 valence electrons. The number of fused-ring (bicyclic) bond motifs is 1. The predicted octanol–water partition coefficient (Wildman–Crippen LogP) is 0.437. The molecule has 0 aromatic rings. The van der Waals surface area contributed by atoms with E-state index < -0.39 is 12.1 Å². The first-order valence-corrected chi connectivity index (χ1v) is 4.75. The zero-order valence-corrected chi connectivity index (χ0v) is 7.99. The predicted molar refractivity (Wildman–Crippen MR) is 46.5 cm³/mol. The van der Waals surface area contributed by atoms with Gasteiger partial charge in [-0.15, -0.1) is 0 Å². The molecule has 5 nitrogen and oxygen atoms in total. The maximum Gasteiger partial charge on any atom is 0.415 e. The van der Waals surface area contributed by atoms with Crippen molar-refractivity contribution in [1.82, 2.24) is 5.32 Å². The fourth-order valence-electron chi connectivity index (χ4n) is 2.13. The Kier molecular flexibility index (Phi) is 2.41. The Morgan fingerprint density at radius 2 is 2.21 bits per heavy atom. The maximum atomic E-state index is 11.4. The number of amides is 1. The first kappa shape index (κ1) is 9.45. The van der Waals surface area contributed by atoms with Gasteiger partial charge in [0.15, 0.2) is 0 Å². The highest BCUT2D eigenvalue weighted by Gasteiger charge is 2.41. The van der Waals surface area contributed by atoms with Crippen LogP contribution in [0.3, 0.4) is 0 Å². The summed E-state index contributed by atoms with van der Waals surface area (Å²) in [6.07, 6.45) is 1.79. The average Bonchev–Trinajstić information content (AvgIpc) is 2.17. The molecule has 1 aliphatic heterocycles. The molecule has 1 saturated heterocycles. The lowest BCUT2D eigenvalue weighted by molar-refractivity contribution is -0.149. The van der Waals surface area contributed by atoms with E-state index >= 15 is 0 Å². The van der Waals surface area contributed by atoms with Gasteiger partial charge in [-0.1, -0.05) is 0 Å². The van der Waals surface area contributed by atoms with Crippen molar-refractivity contribution in [1.29, 1.82) is 0 Å². The fourth-order valence-corrected chi connectivity index (χ4v) is 2.13.